The number of rotatable bonds is 14. The lowest BCUT2D eigenvalue weighted by Gasteiger charge is -2.37. The Hall–Kier alpha value is -6.35. The zero-order chi connectivity index (χ0) is 40.9. The Bertz CT molecular complexity index is 2380. The number of aromatic nitrogens is 6. The van der Waals surface area contributed by atoms with Crippen molar-refractivity contribution in [3.63, 3.8) is 0 Å². The lowest BCUT2D eigenvalue weighted by atomic mass is 9.87. The summed E-state index contributed by atoms with van der Waals surface area (Å²) in [6.45, 7) is 7.98. The molecule has 306 valence electrons. The average Bonchev–Trinajstić information content (AvgIpc) is 4.02. The first-order valence-corrected chi connectivity index (χ1v) is 19.9. The van der Waals surface area contributed by atoms with Gasteiger partial charge in [-0.3, -0.25) is 0 Å². The molecule has 2 aromatic heterocycles. The average molecular weight is 807 g/mol. The van der Waals surface area contributed by atoms with Crippen LogP contribution in [-0.4, -0.2) is 80.6 Å². The minimum absolute atomic E-state index is 0.0239. The first kappa shape index (κ1) is 39.5. The minimum atomic E-state index is -1.03. The fourth-order valence-corrected chi connectivity index (χ4v) is 8.12. The van der Waals surface area contributed by atoms with Crippen LogP contribution in [0.3, 0.4) is 0 Å². The maximum Gasteiger partial charge on any atom is 0.350 e. The summed E-state index contributed by atoms with van der Waals surface area (Å²) in [4.78, 5) is 34.9. The number of ether oxygens (including phenoxy) is 3. The molecule has 13 nitrogen and oxygen atoms in total. The van der Waals surface area contributed by atoms with Crippen molar-refractivity contribution >= 4 is 17.3 Å². The van der Waals surface area contributed by atoms with Crippen molar-refractivity contribution in [2.75, 3.05) is 49.2 Å². The first-order chi connectivity index (χ1) is 28.7. The van der Waals surface area contributed by atoms with Crippen molar-refractivity contribution in [3.8, 4) is 11.4 Å². The van der Waals surface area contributed by atoms with Crippen molar-refractivity contribution < 1.29 is 27.8 Å². The summed E-state index contributed by atoms with van der Waals surface area (Å²) in [7, 11) is 0. The van der Waals surface area contributed by atoms with Crippen LogP contribution in [0.1, 0.15) is 48.7 Å². The van der Waals surface area contributed by atoms with Crippen LogP contribution in [0.4, 0.5) is 20.2 Å². The van der Waals surface area contributed by atoms with Gasteiger partial charge in [0, 0.05) is 55.1 Å². The molecule has 0 aliphatic carbocycles. The van der Waals surface area contributed by atoms with Crippen LogP contribution in [0, 0.1) is 17.6 Å². The summed E-state index contributed by atoms with van der Waals surface area (Å²) in [5.41, 5.74) is 2.27. The molecule has 6 aromatic rings. The maximum atomic E-state index is 15.0. The second kappa shape index (κ2) is 17.2. The van der Waals surface area contributed by atoms with Gasteiger partial charge in [0.1, 0.15) is 48.1 Å². The first-order valence-electron chi connectivity index (χ1n) is 19.9. The van der Waals surface area contributed by atoms with Gasteiger partial charge in [0.05, 0.1) is 37.1 Å². The highest BCUT2D eigenvalue weighted by molar-refractivity contribution is 5.89. The Morgan fingerprint density at radius 1 is 0.932 bits per heavy atom. The van der Waals surface area contributed by atoms with Crippen LogP contribution in [0.2, 0.25) is 0 Å². The maximum absolute atomic E-state index is 15.0. The van der Waals surface area contributed by atoms with Gasteiger partial charge in [-0.2, -0.15) is 10.2 Å². The van der Waals surface area contributed by atoms with Crippen molar-refractivity contribution in [3.05, 3.63) is 149 Å². The Kier molecular flexibility index (Phi) is 11.5. The molecule has 0 N–H and O–H groups in total. The molecule has 0 radical (unpaired) electrons. The van der Waals surface area contributed by atoms with E-state index in [0.29, 0.717) is 37.3 Å². The van der Waals surface area contributed by atoms with Gasteiger partial charge in [-0.05, 0) is 86.5 Å². The van der Waals surface area contributed by atoms with Gasteiger partial charge in [-0.25, -0.2) is 37.3 Å². The number of carbonyl (C=O) groups is 1. The third-order valence-corrected chi connectivity index (χ3v) is 11.3. The summed E-state index contributed by atoms with van der Waals surface area (Å²) in [6.07, 6.45) is 4.93. The van der Waals surface area contributed by atoms with Crippen LogP contribution in [0.15, 0.2) is 121 Å². The Morgan fingerprint density at radius 2 is 1.61 bits per heavy atom. The van der Waals surface area contributed by atoms with E-state index in [0.717, 1.165) is 49.4 Å². The van der Waals surface area contributed by atoms with Gasteiger partial charge in [-0.1, -0.05) is 31.2 Å². The van der Waals surface area contributed by atoms with Gasteiger partial charge < -0.3 is 24.0 Å². The van der Waals surface area contributed by atoms with Crippen LogP contribution in [-0.2, 0) is 21.6 Å². The molecule has 59 heavy (non-hydrogen) atoms. The van der Waals surface area contributed by atoms with Crippen LogP contribution >= 0.6 is 0 Å². The van der Waals surface area contributed by atoms with E-state index in [9.17, 15) is 14.0 Å². The van der Waals surface area contributed by atoms with Crippen LogP contribution < -0.4 is 20.2 Å². The van der Waals surface area contributed by atoms with E-state index in [4.69, 9.17) is 14.2 Å². The van der Waals surface area contributed by atoms with E-state index >= 15 is 4.39 Å². The van der Waals surface area contributed by atoms with Gasteiger partial charge in [0.15, 0.2) is 0 Å². The molecule has 0 saturated carbocycles. The fourth-order valence-electron chi connectivity index (χ4n) is 8.12. The lowest BCUT2D eigenvalue weighted by Crippen LogP contribution is -2.46. The highest BCUT2D eigenvalue weighted by atomic mass is 19.1. The number of esters is 1. The second-order valence-electron chi connectivity index (χ2n) is 15.1. The summed E-state index contributed by atoms with van der Waals surface area (Å²) < 4.78 is 51.5. The minimum Gasteiger partial charge on any atom is -0.493 e. The quantitative estimate of drug-likeness (QED) is 0.114. The number of anilines is 2. The van der Waals surface area contributed by atoms with Gasteiger partial charge in [0.2, 0.25) is 0 Å². The molecule has 2 fully saturated rings. The summed E-state index contributed by atoms with van der Waals surface area (Å²) in [5, 5.41) is 8.59. The second-order valence-corrected chi connectivity index (χ2v) is 15.1. The molecule has 4 aromatic carbocycles. The number of hydrogen-bond acceptors (Lipinski definition) is 10. The lowest BCUT2D eigenvalue weighted by molar-refractivity contribution is -0.0206. The number of nitrogens with zero attached hydrogens (tertiary/aromatic N) is 8. The highest BCUT2D eigenvalue weighted by Crippen LogP contribution is 2.42. The zero-order valence-corrected chi connectivity index (χ0v) is 32.9. The zero-order valence-electron chi connectivity index (χ0n) is 32.9. The monoisotopic (exact) mass is 806 g/mol. The molecule has 8 rings (SSSR count). The Morgan fingerprint density at radius 3 is 2.25 bits per heavy atom. The van der Waals surface area contributed by atoms with Crippen molar-refractivity contribution in [1.82, 2.24) is 29.1 Å². The fraction of sp³-hybridized carbons (Fsp3) is 0.341. The highest BCUT2D eigenvalue weighted by Gasteiger charge is 2.44. The number of benzene rings is 4. The molecule has 2 aliphatic rings. The smallest absolute Gasteiger partial charge is 0.350 e. The predicted molar refractivity (Wildman–Crippen MR) is 217 cm³/mol. The molecule has 0 unspecified atom stereocenters. The third-order valence-electron chi connectivity index (χ3n) is 11.3. The topological polar surface area (TPSA) is 122 Å². The van der Waals surface area contributed by atoms with Crippen LogP contribution in [0.25, 0.3) is 5.69 Å². The van der Waals surface area contributed by atoms with E-state index in [1.807, 2.05) is 49.4 Å². The predicted octanol–water partition coefficient (Wildman–Crippen LogP) is 6.44. The van der Waals surface area contributed by atoms with E-state index in [-0.39, 0.29) is 23.7 Å². The SMILES string of the molecule is CC[C@@H]([C@H](C)OC(=O)c1ccccc1)n1n[14cH]n(-c2ccc(N3CCN(c4ccc(OC[C@@H]5CO[C@@](Cn6cncn6)(c6ccc(F)cc6F)C5)cc4)CC3)cc2)c1=O. The largest absolute Gasteiger partial charge is 0.493 e. The van der Waals surface area contributed by atoms with Gasteiger partial charge >= 0.3 is 11.7 Å². The van der Waals surface area contributed by atoms with Gasteiger partial charge in [-0.15, -0.1) is 0 Å². The van der Waals surface area contributed by atoms with Crippen molar-refractivity contribution in [2.24, 2.45) is 5.92 Å². The molecule has 0 amide bonds. The summed E-state index contributed by atoms with van der Waals surface area (Å²) in [5.74, 6) is -1.03. The van der Waals surface area contributed by atoms with Crippen LogP contribution in [0.5, 0.6) is 5.75 Å². The van der Waals surface area contributed by atoms with E-state index in [1.165, 1.54) is 34.0 Å². The Balaban J connectivity index is 0.833. The van der Waals surface area contributed by atoms with E-state index in [2.05, 4.69) is 37.1 Å². The van der Waals surface area contributed by atoms with Crippen molar-refractivity contribution in [2.45, 2.75) is 51.0 Å². The molecule has 2 aliphatic heterocycles. The molecule has 0 spiro atoms. The number of piperazine rings is 1. The summed E-state index contributed by atoms with van der Waals surface area (Å²) in [6, 6.07) is 27.9. The molecule has 4 atom stereocenters. The number of hydrogen-bond donors (Lipinski definition) is 0. The molecule has 15 heteroatoms. The third kappa shape index (κ3) is 8.60. The molecule has 2 saturated heterocycles. The molecule has 4 heterocycles. The van der Waals surface area contributed by atoms with Crippen molar-refractivity contribution in [1.29, 1.82) is 0 Å². The number of carbonyl (C=O) groups excluding carboxylic acids is 1. The molecular formula is C44H46F2N8O5. The van der Waals surface area contributed by atoms with E-state index in [1.54, 1.807) is 42.2 Å². The molecule has 0 bridgehead atoms. The summed E-state index contributed by atoms with van der Waals surface area (Å²) >= 11 is 0. The van der Waals surface area contributed by atoms with E-state index < -0.39 is 35.4 Å². The van der Waals surface area contributed by atoms with Gasteiger partial charge in [0.25, 0.3) is 0 Å². The number of halogens is 2. The standard InChI is InChI=1S/C44H46F2N8O5/c1-3-41(31(2)59-42(55)33-7-5-4-6-8-33)54-43(56)53(30-49-54)37-12-10-35(11-13-37)50-19-21-51(22-20-50)36-14-16-38(17-15-36)57-25-32-24-44(58-26-32,27-52-29-47-28-48-52)39-18-9-34(45)23-40(39)46/h4-18,23,28-32,41H,3,19-22,24-27H2,1-2H3/t31-,32+,41-,44-/m0/s1/i30+2. The normalized spacial score (nSPS) is 19.1. The molecular weight excluding hydrogens is 761 g/mol. The Labute approximate surface area is 340 Å².